The Balaban J connectivity index is 1.81. The summed E-state index contributed by atoms with van der Waals surface area (Å²) >= 11 is 0. The second kappa shape index (κ2) is 6.27. The summed E-state index contributed by atoms with van der Waals surface area (Å²) in [6.45, 7) is 4.84. The van der Waals surface area contributed by atoms with Crippen molar-refractivity contribution in [3.63, 3.8) is 0 Å². The number of nitrogens with zero attached hydrogens (tertiary/aromatic N) is 2. The monoisotopic (exact) mass is 300 g/mol. The molecule has 1 aromatic heterocycles. The smallest absolute Gasteiger partial charge is 0.257 e. The van der Waals surface area contributed by atoms with Crippen LogP contribution in [0, 0.1) is 6.92 Å². The third-order valence-corrected chi connectivity index (χ3v) is 3.90. The van der Waals surface area contributed by atoms with Gasteiger partial charge in [-0.25, -0.2) is 0 Å². The summed E-state index contributed by atoms with van der Waals surface area (Å²) in [6.07, 6.45) is 2.65. The molecule has 3 rings (SSSR count). The van der Waals surface area contributed by atoms with Gasteiger partial charge in [0.25, 0.3) is 5.89 Å². The first kappa shape index (κ1) is 14.7. The van der Waals surface area contributed by atoms with Crippen LogP contribution in [0.25, 0.3) is 11.5 Å². The van der Waals surface area contributed by atoms with Gasteiger partial charge in [0.15, 0.2) is 5.82 Å². The van der Waals surface area contributed by atoms with E-state index in [2.05, 4.69) is 20.8 Å². The number of aryl methyl sites for hydroxylation is 2. The molecule has 1 unspecified atom stereocenters. The molecule has 6 nitrogen and oxygen atoms in total. The molecule has 0 saturated carbocycles. The maximum atomic E-state index is 12.2. The number of carbonyl (C=O) groups is 1. The summed E-state index contributed by atoms with van der Waals surface area (Å²) in [5, 5.41) is 10.1. The van der Waals surface area contributed by atoms with Gasteiger partial charge < -0.3 is 15.2 Å². The van der Waals surface area contributed by atoms with Gasteiger partial charge in [-0.15, -0.1) is 0 Å². The van der Waals surface area contributed by atoms with E-state index in [9.17, 15) is 4.79 Å². The maximum Gasteiger partial charge on any atom is 0.257 e. The Morgan fingerprint density at radius 2 is 2.36 bits per heavy atom. The Morgan fingerprint density at radius 1 is 1.50 bits per heavy atom. The molecular weight excluding hydrogens is 280 g/mol. The summed E-state index contributed by atoms with van der Waals surface area (Å²) in [7, 11) is 0. The quantitative estimate of drug-likeness (QED) is 0.905. The highest BCUT2D eigenvalue weighted by Gasteiger charge is 2.22. The molecule has 2 heterocycles. The first-order valence-corrected chi connectivity index (χ1v) is 7.65. The first-order valence-electron chi connectivity index (χ1n) is 7.65. The van der Waals surface area contributed by atoms with Gasteiger partial charge in [0, 0.05) is 17.7 Å². The number of amides is 1. The van der Waals surface area contributed by atoms with Crippen LogP contribution >= 0.6 is 0 Å². The lowest BCUT2D eigenvalue weighted by atomic mass is 10.1. The molecule has 2 N–H and O–H groups in total. The predicted molar refractivity (Wildman–Crippen MR) is 83.5 cm³/mol. The Morgan fingerprint density at radius 3 is 3.05 bits per heavy atom. The van der Waals surface area contributed by atoms with Crippen molar-refractivity contribution in [3.8, 4) is 11.5 Å². The van der Waals surface area contributed by atoms with E-state index < -0.39 is 0 Å². The van der Waals surface area contributed by atoms with E-state index >= 15 is 0 Å². The van der Waals surface area contributed by atoms with E-state index in [-0.39, 0.29) is 11.9 Å². The van der Waals surface area contributed by atoms with Crippen molar-refractivity contribution in [2.75, 3.05) is 11.9 Å². The van der Waals surface area contributed by atoms with Gasteiger partial charge in [0.2, 0.25) is 5.91 Å². The molecule has 1 aliphatic rings. The van der Waals surface area contributed by atoms with E-state index in [0.29, 0.717) is 11.7 Å². The van der Waals surface area contributed by atoms with Crippen molar-refractivity contribution >= 4 is 11.6 Å². The molecule has 1 fully saturated rings. The van der Waals surface area contributed by atoms with Crippen molar-refractivity contribution in [1.82, 2.24) is 15.5 Å². The number of anilines is 1. The fourth-order valence-corrected chi connectivity index (χ4v) is 2.53. The topological polar surface area (TPSA) is 80.0 Å². The molecule has 1 amide bonds. The Labute approximate surface area is 129 Å². The molecule has 0 radical (unpaired) electrons. The van der Waals surface area contributed by atoms with E-state index in [1.165, 1.54) is 0 Å². The van der Waals surface area contributed by atoms with Crippen molar-refractivity contribution < 1.29 is 9.32 Å². The fourth-order valence-electron chi connectivity index (χ4n) is 2.53. The third kappa shape index (κ3) is 3.01. The van der Waals surface area contributed by atoms with Gasteiger partial charge in [0.05, 0.1) is 6.04 Å². The van der Waals surface area contributed by atoms with E-state index in [0.717, 1.165) is 42.6 Å². The molecule has 1 aliphatic heterocycles. The lowest BCUT2D eigenvalue weighted by molar-refractivity contribution is -0.117. The molecular formula is C16H20N4O2. The number of nitrogens with one attached hydrogen (secondary N) is 2. The van der Waals surface area contributed by atoms with Gasteiger partial charge in [-0.2, -0.15) is 4.98 Å². The number of carbonyl (C=O) groups excluding carboxylic acids is 1. The third-order valence-electron chi connectivity index (χ3n) is 3.90. The lowest BCUT2D eigenvalue weighted by Gasteiger charge is -2.13. The fraction of sp³-hybridized carbons (Fsp3) is 0.438. The second-order valence-corrected chi connectivity index (χ2v) is 5.54. The van der Waals surface area contributed by atoms with Crippen LogP contribution in [-0.2, 0) is 11.2 Å². The molecule has 1 aromatic carbocycles. The highest BCUT2D eigenvalue weighted by Crippen LogP contribution is 2.25. The zero-order valence-corrected chi connectivity index (χ0v) is 12.8. The SMILES string of the molecule is CCc1noc(-c2ccc(C)c(NC(=O)C3CCCN3)c2)n1. The number of rotatable bonds is 4. The molecule has 1 atom stereocenters. The minimum absolute atomic E-state index is 0.0116. The van der Waals surface area contributed by atoms with E-state index in [1.54, 1.807) is 0 Å². The molecule has 0 bridgehead atoms. The van der Waals surface area contributed by atoms with Crippen LogP contribution in [0.5, 0.6) is 0 Å². The molecule has 0 aliphatic carbocycles. The highest BCUT2D eigenvalue weighted by atomic mass is 16.5. The van der Waals surface area contributed by atoms with Gasteiger partial charge in [-0.3, -0.25) is 4.79 Å². The molecule has 2 aromatic rings. The van der Waals surface area contributed by atoms with E-state index in [4.69, 9.17) is 4.52 Å². The van der Waals surface area contributed by atoms with Crippen molar-refractivity contribution in [1.29, 1.82) is 0 Å². The first-order chi connectivity index (χ1) is 10.7. The number of hydrogen-bond donors (Lipinski definition) is 2. The minimum Gasteiger partial charge on any atom is -0.334 e. The lowest BCUT2D eigenvalue weighted by Crippen LogP contribution is -2.35. The minimum atomic E-state index is -0.0989. The van der Waals surface area contributed by atoms with Crippen LogP contribution in [-0.4, -0.2) is 28.6 Å². The molecule has 0 spiro atoms. The number of aromatic nitrogens is 2. The average molecular weight is 300 g/mol. The summed E-state index contributed by atoms with van der Waals surface area (Å²) in [6, 6.07) is 5.65. The number of benzene rings is 1. The van der Waals surface area contributed by atoms with E-state index in [1.807, 2.05) is 32.0 Å². The average Bonchev–Trinajstić information content (AvgIpc) is 3.20. The van der Waals surface area contributed by atoms with Crippen molar-refractivity contribution in [2.24, 2.45) is 0 Å². The van der Waals surface area contributed by atoms with Crippen LogP contribution in [0.3, 0.4) is 0 Å². The molecule has 116 valence electrons. The zero-order valence-electron chi connectivity index (χ0n) is 12.8. The number of hydrogen-bond acceptors (Lipinski definition) is 5. The Hall–Kier alpha value is -2.21. The maximum absolute atomic E-state index is 12.2. The van der Waals surface area contributed by atoms with Crippen molar-refractivity contribution in [3.05, 3.63) is 29.6 Å². The van der Waals surface area contributed by atoms with Crippen molar-refractivity contribution in [2.45, 2.75) is 39.2 Å². The highest BCUT2D eigenvalue weighted by molar-refractivity contribution is 5.96. The van der Waals surface area contributed by atoms with Gasteiger partial charge in [-0.05, 0) is 44.0 Å². The summed E-state index contributed by atoms with van der Waals surface area (Å²) < 4.78 is 5.26. The standard InChI is InChI=1S/C16H20N4O2/c1-3-14-19-16(22-20-14)11-7-6-10(2)13(9-11)18-15(21)12-5-4-8-17-12/h6-7,9,12,17H,3-5,8H2,1-2H3,(H,18,21). The normalized spacial score (nSPS) is 17.6. The second-order valence-electron chi connectivity index (χ2n) is 5.54. The Bertz CT molecular complexity index is 675. The summed E-state index contributed by atoms with van der Waals surface area (Å²) in [5.41, 5.74) is 2.60. The summed E-state index contributed by atoms with van der Waals surface area (Å²) in [4.78, 5) is 16.6. The molecule has 6 heteroatoms. The summed E-state index contributed by atoms with van der Waals surface area (Å²) in [5.74, 6) is 1.17. The van der Waals surface area contributed by atoms with Crippen LogP contribution < -0.4 is 10.6 Å². The van der Waals surface area contributed by atoms with Gasteiger partial charge in [-0.1, -0.05) is 18.1 Å². The van der Waals surface area contributed by atoms with Gasteiger partial charge in [0.1, 0.15) is 0 Å². The van der Waals surface area contributed by atoms with Crippen LogP contribution in [0.2, 0.25) is 0 Å². The predicted octanol–water partition coefficient (Wildman–Crippen LogP) is 2.30. The molecule has 22 heavy (non-hydrogen) atoms. The van der Waals surface area contributed by atoms with Crippen LogP contribution in [0.4, 0.5) is 5.69 Å². The van der Waals surface area contributed by atoms with Crippen LogP contribution in [0.1, 0.15) is 31.2 Å². The zero-order chi connectivity index (χ0) is 15.5. The van der Waals surface area contributed by atoms with Crippen LogP contribution in [0.15, 0.2) is 22.7 Å². The largest absolute Gasteiger partial charge is 0.334 e. The van der Waals surface area contributed by atoms with Gasteiger partial charge >= 0.3 is 0 Å². The molecule has 1 saturated heterocycles. The Kier molecular flexibility index (Phi) is 4.20.